The SMILES string of the molecule is COC(=O)C1=C(C(=O)OC)C2(c3ccccc3-c3ccccc32)C2C=CC(C#Cc3ccc(SC(C)=O)cc3)=CN12. The Kier molecular flexibility index (Phi) is 6.64. The number of rotatable bonds is 3. The Morgan fingerprint density at radius 2 is 1.44 bits per heavy atom. The molecule has 7 heteroatoms. The van der Waals surface area contributed by atoms with Gasteiger partial charge < -0.3 is 14.4 Å². The van der Waals surface area contributed by atoms with Crippen LogP contribution in [0.3, 0.4) is 0 Å². The number of thioether (sulfide) groups is 1. The van der Waals surface area contributed by atoms with E-state index in [0.717, 1.165) is 32.7 Å². The van der Waals surface area contributed by atoms with Gasteiger partial charge in [-0.25, -0.2) is 9.59 Å². The summed E-state index contributed by atoms with van der Waals surface area (Å²) in [4.78, 5) is 41.1. The second kappa shape index (κ2) is 10.3. The summed E-state index contributed by atoms with van der Waals surface area (Å²) in [5.74, 6) is 5.11. The number of hydrogen-bond donors (Lipinski definition) is 0. The molecular formula is C34H25NO5S. The summed E-state index contributed by atoms with van der Waals surface area (Å²) in [5, 5.41) is 0.0209. The first-order valence-corrected chi connectivity index (χ1v) is 13.8. The molecule has 0 radical (unpaired) electrons. The first kappa shape index (κ1) is 26.4. The molecule has 6 nitrogen and oxygen atoms in total. The van der Waals surface area contributed by atoms with Crippen molar-refractivity contribution in [3.8, 4) is 23.0 Å². The third-order valence-electron chi connectivity index (χ3n) is 7.60. The number of ether oxygens (including phenoxy) is 2. The van der Waals surface area contributed by atoms with Crippen molar-refractivity contribution in [3.63, 3.8) is 0 Å². The molecule has 0 N–H and O–H groups in total. The smallest absolute Gasteiger partial charge is 0.355 e. The van der Waals surface area contributed by atoms with Gasteiger partial charge in [0.15, 0.2) is 5.12 Å². The standard InChI is InChI=1S/C34H25NO5S/c1-21(36)41-24-17-14-22(15-18-24)12-13-23-16-19-29-34(30(32(37)39-2)31(33(38)40-3)35(29)20-23)27-10-6-4-8-25(27)26-9-5-7-11-28(26)34/h4-11,14-20,29H,1-3H3. The lowest BCUT2D eigenvalue weighted by Gasteiger charge is -2.38. The summed E-state index contributed by atoms with van der Waals surface area (Å²) in [6.07, 6.45) is 5.72. The van der Waals surface area contributed by atoms with E-state index in [4.69, 9.17) is 9.47 Å². The Hall–Kier alpha value is -4.80. The van der Waals surface area contributed by atoms with Crippen LogP contribution in [0, 0.1) is 11.8 Å². The van der Waals surface area contributed by atoms with Crippen molar-refractivity contribution in [3.05, 3.63) is 125 Å². The maximum atomic E-state index is 13.6. The zero-order chi connectivity index (χ0) is 28.7. The van der Waals surface area contributed by atoms with Crippen LogP contribution in [0.2, 0.25) is 0 Å². The Bertz CT molecular complexity index is 1720. The maximum absolute atomic E-state index is 13.6. The summed E-state index contributed by atoms with van der Waals surface area (Å²) in [5.41, 5.74) is 4.66. The molecule has 0 amide bonds. The van der Waals surface area contributed by atoms with E-state index < -0.39 is 23.4 Å². The maximum Gasteiger partial charge on any atom is 0.355 e. The highest BCUT2D eigenvalue weighted by atomic mass is 32.2. The lowest BCUT2D eigenvalue weighted by Crippen LogP contribution is -2.44. The van der Waals surface area contributed by atoms with Crippen LogP contribution in [0.15, 0.2) is 113 Å². The van der Waals surface area contributed by atoms with Gasteiger partial charge >= 0.3 is 11.9 Å². The van der Waals surface area contributed by atoms with Crippen molar-refractivity contribution in [2.75, 3.05) is 14.2 Å². The Labute approximate surface area is 242 Å². The molecule has 3 aromatic carbocycles. The van der Waals surface area contributed by atoms with E-state index in [9.17, 15) is 14.4 Å². The lowest BCUT2D eigenvalue weighted by molar-refractivity contribution is -0.140. The van der Waals surface area contributed by atoms with Crippen LogP contribution < -0.4 is 0 Å². The number of hydrogen-bond acceptors (Lipinski definition) is 7. The highest BCUT2D eigenvalue weighted by Gasteiger charge is 2.62. The van der Waals surface area contributed by atoms with Gasteiger partial charge in [-0.3, -0.25) is 4.79 Å². The summed E-state index contributed by atoms with van der Waals surface area (Å²) < 4.78 is 10.5. The molecule has 1 atom stereocenters. The molecule has 2 heterocycles. The van der Waals surface area contributed by atoms with Crippen LogP contribution in [0.5, 0.6) is 0 Å². The van der Waals surface area contributed by atoms with Gasteiger partial charge in [0.05, 0.1) is 31.2 Å². The molecule has 0 saturated carbocycles. The Morgan fingerprint density at radius 1 is 0.829 bits per heavy atom. The van der Waals surface area contributed by atoms with Crippen LogP contribution in [0.4, 0.5) is 0 Å². The number of fused-ring (bicyclic) bond motifs is 7. The molecule has 1 unspecified atom stereocenters. The van der Waals surface area contributed by atoms with Gasteiger partial charge in [0, 0.05) is 29.2 Å². The minimum absolute atomic E-state index is 0.0209. The van der Waals surface area contributed by atoms with Crippen LogP contribution in [0.1, 0.15) is 23.6 Å². The number of benzene rings is 3. The zero-order valence-corrected chi connectivity index (χ0v) is 23.5. The summed E-state index contributed by atoms with van der Waals surface area (Å²) in [7, 11) is 2.63. The molecule has 0 bridgehead atoms. The van der Waals surface area contributed by atoms with Crippen molar-refractivity contribution in [2.24, 2.45) is 0 Å². The third kappa shape index (κ3) is 4.11. The fourth-order valence-corrected chi connectivity index (χ4v) is 6.70. The molecule has 3 aromatic rings. The Morgan fingerprint density at radius 3 is 2.02 bits per heavy atom. The van der Waals surface area contributed by atoms with Crippen LogP contribution in [-0.2, 0) is 29.3 Å². The van der Waals surface area contributed by atoms with Crippen LogP contribution in [0.25, 0.3) is 11.1 Å². The number of carbonyl (C=O) groups is 3. The van der Waals surface area contributed by atoms with Crippen molar-refractivity contribution < 1.29 is 23.9 Å². The monoisotopic (exact) mass is 559 g/mol. The number of nitrogens with zero attached hydrogens (tertiary/aromatic N) is 1. The van der Waals surface area contributed by atoms with E-state index in [2.05, 4.69) is 11.8 Å². The van der Waals surface area contributed by atoms with Gasteiger partial charge in [-0.15, -0.1) is 0 Å². The predicted octanol–water partition coefficient (Wildman–Crippen LogP) is 5.38. The molecule has 3 aliphatic rings. The van der Waals surface area contributed by atoms with Gasteiger partial charge in [0.1, 0.15) is 5.70 Å². The molecular weight excluding hydrogens is 534 g/mol. The van der Waals surface area contributed by atoms with Crippen molar-refractivity contribution in [2.45, 2.75) is 23.3 Å². The van der Waals surface area contributed by atoms with Crippen LogP contribution in [-0.4, -0.2) is 42.2 Å². The van der Waals surface area contributed by atoms with E-state index in [1.807, 2.05) is 84.9 Å². The van der Waals surface area contributed by atoms with E-state index >= 15 is 0 Å². The fourth-order valence-electron chi connectivity index (χ4n) is 6.09. The minimum atomic E-state index is -1.00. The molecule has 1 aliphatic carbocycles. The largest absolute Gasteiger partial charge is 0.466 e. The molecule has 1 spiro atoms. The first-order valence-electron chi connectivity index (χ1n) is 13.0. The van der Waals surface area contributed by atoms with Gasteiger partial charge in [-0.05, 0) is 52.6 Å². The van der Waals surface area contributed by atoms with Gasteiger partial charge in [-0.1, -0.05) is 78.2 Å². The average Bonchev–Trinajstić information content (AvgIpc) is 3.46. The number of esters is 2. The molecule has 6 rings (SSSR count). The molecule has 0 aromatic heterocycles. The van der Waals surface area contributed by atoms with Crippen LogP contribution >= 0.6 is 11.8 Å². The molecule has 202 valence electrons. The molecule has 2 aliphatic heterocycles. The summed E-state index contributed by atoms with van der Waals surface area (Å²) >= 11 is 1.17. The highest BCUT2D eigenvalue weighted by Crippen LogP contribution is 2.60. The van der Waals surface area contributed by atoms with Gasteiger partial charge in [0.25, 0.3) is 0 Å². The minimum Gasteiger partial charge on any atom is -0.466 e. The van der Waals surface area contributed by atoms with Crippen molar-refractivity contribution in [1.29, 1.82) is 0 Å². The van der Waals surface area contributed by atoms with Gasteiger partial charge in [0.2, 0.25) is 0 Å². The summed E-state index contributed by atoms with van der Waals surface area (Å²) in [6, 6.07) is 22.9. The second-order valence-corrected chi connectivity index (χ2v) is 11.0. The topological polar surface area (TPSA) is 72.9 Å². The van der Waals surface area contributed by atoms with E-state index in [1.165, 1.54) is 32.9 Å². The highest BCUT2D eigenvalue weighted by molar-refractivity contribution is 8.13. The van der Waals surface area contributed by atoms with E-state index in [0.29, 0.717) is 5.57 Å². The van der Waals surface area contributed by atoms with Crippen molar-refractivity contribution >= 4 is 28.8 Å². The molecule has 0 saturated heterocycles. The number of methoxy groups -OCH3 is 2. The Balaban J connectivity index is 1.51. The third-order valence-corrected chi connectivity index (χ3v) is 8.39. The predicted molar refractivity (Wildman–Crippen MR) is 156 cm³/mol. The quantitative estimate of drug-likeness (QED) is 0.242. The van der Waals surface area contributed by atoms with E-state index in [1.54, 1.807) is 11.1 Å². The average molecular weight is 560 g/mol. The van der Waals surface area contributed by atoms with Crippen molar-refractivity contribution in [1.82, 2.24) is 4.90 Å². The number of carbonyl (C=O) groups excluding carboxylic acids is 3. The number of allylic oxidation sites excluding steroid dienone is 2. The molecule has 0 fully saturated rings. The second-order valence-electron chi connectivity index (χ2n) is 9.77. The zero-order valence-electron chi connectivity index (χ0n) is 22.6. The molecule has 41 heavy (non-hydrogen) atoms. The summed E-state index contributed by atoms with van der Waals surface area (Å²) in [6.45, 7) is 1.53. The fraction of sp³-hybridized carbons (Fsp3) is 0.147. The van der Waals surface area contributed by atoms with E-state index in [-0.39, 0.29) is 16.4 Å². The van der Waals surface area contributed by atoms with Gasteiger partial charge in [-0.2, -0.15) is 0 Å². The first-order chi connectivity index (χ1) is 19.9. The lowest BCUT2D eigenvalue weighted by atomic mass is 9.68. The normalized spacial score (nSPS) is 17.2.